The lowest BCUT2D eigenvalue weighted by Gasteiger charge is -2.12. The van der Waals surface area contributed by atoms with Crippen LogP contribution in [0.1, 0.15) is 19.3 Å². The van der Waals surface area contributed by atoms with Crippen molar-refractivity contribution in [3.8, 4) is 5.75 Å². The molecule has 1 aliphatic rings. The van der Waals surface area contributed by atoms with Gasteiger partial charge in [-0.3, -0.25) is 4.79 Å². The van der Waals surface area contributed by atoms with E-state index in [-0.39, 0.29) is 23.3 Å². The summed E-state index contributed by atoms with van der Waals surface area (Å²) < 4.78 is 28.8. The van der Waals surface area contributed by atoms with Gasteiger partial charge in [0.2, 0.25) is 5.91 Å². The van der Waals surface area contributed by atoms with Gasteiger partial charge >= 0.3 is 6.61 Å². The molecule has 0 spiro atoms. The van der Waals surface area contributed by atoms with E-state index in [2.05, 4.69) is 10.1 Å². The molecule has 2 rings (SSSR count). The third kappa shape index (κ3) is 4.05. The summed E-state index contributed by atoms with van der Waals surface area (Å²) in [7, 11) is 0. The molecule has 1 atom stereocenters. The maximum atomic E-state index is 12.2. The smallest absolute Gasteiger partial charge is 0.387 e. The summed E-state index contributed by atoms with van der Waals surface area (Å²) in [6.07, 6.45) is 6.37. The van der Waals surface area contributed by atoms with Gasteiger partial charge in [0.05, 0.1) is 5.69 Å². The van der Waals surface area contributed by atoms with Crippen molar-refractivity contribution in [1.29, 1.82) is 0 Å². The number of alkyl halides is 2. The van der Waals surface area contributed by atoms with Crippen molar-refractivity contribution in [2.75, 3.05) is 5.32 Å². The highest BCUT2D eigenvalue weighted by atomic mass is 19.3. The molecular weight excluding hydrogens is 252 g/mol. The number of para-hydroxylation sites is 2. The second kappa shape index (κ2) is 6.31. The highest BCUT2D eigenvalue weighted by Gasteiger charge is 2.16. The monoisotopic (exact) mass is 267 g/mol. The number of anilines is 1. The highest BCUT2D eigenvalue weighted by molar-refractivity contribution is 5.92. The van der Waals surface area contributed by atoms with Crippen LogP contribution in [0.5, 0.6) is 5.75 Å². The lowest BCUT2D eigenvalue weighted by molar-refractivity contribution is -0.116. The van der Waals surface area contributed by atoms with Gasteiger partial charge in [0.15, 0.2) is 0 Å². The molecule has 0 saturated heterocycles. The molecule has 0 aromatic heterocycles. The molecule has 1 amide bonds. The average Bonchev–Trinajstić information content (AvgIpc) is 2.83. The van der Waals surface area contributed by atoms with Gasteiger partial charge in [0.1, 0.15) is 5.75 Å². The normalized spacial score (nSPS) is 17.7. The lowest BCUT2D eigenvalue weighted by atomic mass is 10.1. The van der Waals surface area contributed by atoms with Crippen molar-refractivity contribution >= 4 is 11.6 Å². The number of amides is 1. The Morgan fingerprint density at radius 1 is 1.42 bits per heavy atom. The molecule has 19 heavy (non-hydrogen) atoms. The number of halogens is 2. The Hall–Kier alpha value is -1.91. The maximum Gasteiger partial charge on any atom is 0.387 e. The zero-order valence-electron chi connectivity index (χ0n) is 10.3. The molecule has 102 valence electrons. The minimum Gasteiger partial charge on any atom is -0.433 e. The molecule has 3 nitrogen and oxygen atoms in total. The first-order valence-corrected chi connectivity index (χ1v) is 6.15. The molecule has 0 bridgehead atoms. The molecule has 1 N–H and O–H groups in total. The fraction of sp³-hybridized carbons (Fsp3) is 0.357. The van der Waals surface area contributed by atoms with E-state index < -0.39 is 6.61 Å². The second-order valence-electron chi connectivity index (χ2n) is 4.39. The van der Waals surface area contributed by atoms with Crippen LogP contribution in [-0.4, -0.2) is 12.5 Å². The molecule has 1 unspecified atom stereocenters. The molecule has 0 aliphatic heterocycles. The SMILES string of the molecule is O=C(CC1C=CCC1)Nc1ccccc1OC(F)F. The average molecular weight is 267 g/mol. The molecule has 1 aromatic rings. The van der Waals surface area contributed by atoms with Crippen molar-refractivity contribution in [2.24, 2.45) is 5.92 Å². The zero-order chi connectivity index (χ0) is 13.7. The van der Waals surface area contributed by atoms with Gasteiger partial charge in [0, 0.05) is 6.42 Å². The Morgan fingerprint density at radius 3 is 2.89 bits per heavy atom. The van der Waals surface area contributed by atoms with Crippen molar-refractivity contribution in [3.05, 3.63) is 36.4 Å². The molecular formula is C14H15F2NO2. The van der Waals surface area contributed by atoms with Crippen LogP contribution in [0.2, 0.25) is 0 Å². The molecule has 5 heteroatoms. The van der Waals surface area contributed by atoms with E-state index in [4.69, 9.17) is 0 Å². The number of nitrogens with one attached hydrogen (secondary N) is 1. The summed E-state index contributed by atoms with van der Waals surface area (Å²) in [6.45, 7) is -2.91. The number of hydrogen-bond donors (Lipinski definition) is 1. The Kier molecular flexibility index (Phi) is 4.49. The van der Waals surface area contributed by atoms with Crippen molar-refractivity contribution in [2.45, 2.75) is 25.9 Å². The van der Waals surface area contributed by atoms with Gasteiger partial charge in [-0.25, -0.2) is 0 Å². The van der Waals surface area contributed by atoms with Gasteiger partial charge in [-0.15, -0.1) is 0 Å². The first-order chi connectivity index (χ1) is 9.15. The van der Waals surface area contributed by atoms with Crippen molar-refractivity contribution in [3.63, 3.8) is 0 Å². The van der Waals surface area contributed by atoms with Gasteiger partial charge in [-0.2, -0.15) is 8.78 Å². The number of carbonyl (C=O) groups excluding carboxylic acids is 1. The van der Waals surface area contributed by atoms with Gasteiger partial charge in [-0.1, -0.05) is 24.3 Å². The second-order valence-corrected chi connectivity index (χ2v) is 4.39. The summed E-state index contributed by atoms with van der Waals surface area (Å²) in [5.41, 5.74) is 0.273. The summed E-state index contributed by atoms with van der Waals surface area (Å²) in [5.74, 6) is 0.0258. The van der Waals surface area contributed by atoms with E-state index in [1.165, 1.54) is 6.07 Å². The quantitative estimate of drug-likeness (QED) is 0.828. The number of hydrogen-bond acceptors (Lipinski definition) is 2. The third-order valence-electron chi connectivity index (χ3n) is 2.94. The first kappa shape index (κ1) is 13.5. The minimum absolute atomic E-state index is 0.0205. The van der Waals surface area contributed by atoms with Crippen LogP contribution >= 0.6 is 0 Å². The number of rotatable bonds is 5. The van der Waals surface area contributed by atoms with Gasteiger partial charge < -0.3 is 10.1 Å². The fourth-order valence-electron chi connectivity index (χ4n) is 2.07. The van der Waals surface area contributed by atoms with Crippen molar-refractivity contribution in [1.82, 2.24) is 0 Å². The molecule has 0 saturated carbocycles. The van der Waals surface area contributed by atoms with E-state index >= 15 is 0 Å². The molecule has 0 heterocycles. The predicted octanol–water partition coefficient (Wildman–Crippen LogP) is 3.58. The number of carbonyl (C=O) groups is 1. The molecule has 1 aliphatic carbocycles. The van der Waals surface area contributed by atoms with Crippen LogP contribution < -0.4 is 10.1 Å². The van der Waals surface area contributed by atoms with Crippen LogP contribution in [0.25, 0.3) is 0 Å². The zero-order valence-corrected chi connectivity index (χ0v) is 10.3. The Morgan fingerprint density at radius 2 is 2.21 bits per heavy atom. The van der Waals surface area contributed by atoms with Crippen LogP contribution in [0, 0.1) is 5.92 Å². The van der Waals surface area contributed by atoms with Gasteiger partial charge in [-0.05, 0) is 30.9 Å². The van der Waals surface area contributed by atoms with Crippen LogP contribution in [-0.2, 0) is 4.79 Å². The molecule has 0 fully saturated rings. The largest absolute Gasteiger partial charge is 0.433 e. The van der Waals surface area contributed by atoms with E-state index in [1.54, 1.807) is 18.2 Å². The van der Waals surface area contributed by atoms with Crippen LogP contribution in [0.4, 0.5) is 14.5 Å². The minimum atomic E-state index is -2.91. The lowest BCUT2D eigenvalue weighted by Crippen LogP contribution is -2.16. The highest BCUT2D eigenvalue weighted by Crippen LogP contribution is 2.27. The molecule has 0 radical (unpaired) electrons. The van der Waals surface area contributed by atoms with Gasteiger partial charge in [0.25, 0.3) is 0 Å². The Balaban J connectivity index is 1.97. The first-order valence-electron chi connectivity index (χ1n) is 6.15. The standard InChI is InChI=1S/C14H15F2NO2/c15-14(16)19-12-8-4-3-7-11(12)17-13(18)9-10-5-1-2-6-10/h1,3-5,7-8,10,14H,2,6,9H2,(H,17,18). The summed E-state index contributed by atoms with van der Waals surface area (Å²) in [6, 6.07) is 6.17. The topological polar surface area (TPSA) is 38.3 Å². The summed E-state index contributed by atoms with van der Waals surface area (Å²) in [4.78, 5) is 11.8. The maximum absolute atomic E-state index is 12.2. The van der Waals surface area contributed by atoms with Crippen molar-refractivity contribution < 1.29 is 18.3 Å². The van der Waals surface area contributed by atoms with E-state index in [0.29, 0.717) is 6.42 Å². The predicted molar refractivity (Wildman–Crippen MR) is 68.2 cm³/mol. The number of benzene rings is 1. The van der Waals surface area contributed by atoms with E-state index in [1.807, 2.05) is 12.2 Å². The Labute approximate surface area is 110 Å². The third-order valence-corrected chi connectivity index (χ3v) is 2.94. The van der Waals surface area contributed by atoms with Crippen LogP contribution in [0.3, 0.4) is 0 Å². The van der Waals surface area contributed by atoms with E-state index in [9.17, 15) is 13.6 Å². The number of ether oxygens (including phenoxy) is 1. The number of allylic oxidation sites excluding steroid dienone is 2. The summed E-state index contributed by atoms with van der Waals surface area (Å²) in [5, 5.41) is 2.61. The molecule has 1 aromatic carbocycles. The Bertz CT molecular complexity index is 474. The summed E-state index contributed by atoms with van der Waals surface area (Å²) >= 11 is 0. The van der Waals surface area contributed by atoms with Crippen LogP contribution in [0.15, 0.2) is 36.4 Å². The van der Waals surface area contributed by atoms with E-state index in [0.717, 1.165) is 12.8 Å². The fourth-order valence-corrected chi connectivity index (χ4v) is 2.07.